The van der Waals surface area contributed by atoms with Crippen molar-refractivity contribution in [3.8, 4) is 17.2 Å². The van der Waals surface area contributed by atoms with E-state index in [1.165, 1.54) is 6.21 Å². The van der Waals surface area contributed by atoms with Gasteiger partial charge in [-0.15, -0.1) is 0 Å². The van der Waals surface area contributed by atoms with Gasteiger partial charge in [-0.2, -0.15) is 0 Å². The lowest BCUT2D eigenvalue weighted by Gasteiger charge is -2.08. The molecule has 5 heteroatoms. The number of benzene rings is 1. The van der Waals surface area contributed by atoms with Crippen molar-refractivity contribution in [3.05, 3.63) is 30.4 Å². The van der Waals surface area contributed by atoms with Gasteiger partial charge in [0.25, 0.3) is 0 Å². The van der Waals surface area contributed by atoms with Crippen LogP contribution in [0.25, 0.3) is 0 Å². The van der Waals surface area contributed by atoms with Crippen LogP contribution in [0.5, 0.6) is 17.2 Å². The van der Waals surface area contributed by atoms with Gasteiger partial charge in [0.05, 0.1) is 11.8 Å². The molecule has 1 N–H and O–H groups in total. The van der Waals surface area contributed by atoms with Gasteiger partial charge >= 0.3 is 0 Å². The number of hydrogen-bond donors (Lipinski definition) is 1. The molecule has 0 spiro atoms. The fourth-order valence-corrected chi connectivity index (χ4v) is 1.43. The lowest BCUT2D eigenvalue weighted by atomic mass is 10.2. The highest BCUT2D eigenvalue weighted by atomic mass is 16.7. The molecule has 0 amide bonds. The zero-order chi connectivity index (χ0) is 11.4. The summed E-state index contributed by atoms with van der Waals surface area (Å²) < 4.78 is 15.9. The van der Waals surface area contributed by atoms with E-state index in [9.17, 15) is 0 Å². The summed E-state index contributed by atoms with van der Waals surface area (Å²) in [5.74, 6) is 1.70. The van der Waals surface area contributed by atoms with E-state index in [1.54, 1.807) is 18.2 Å². The van der Waals surface area contributed by atoms with Crippen LogP contribution in [-0.4, -0.2) is 24.8 Å². The minimum absolute atomic E-state index is 0.159. The molecule has 0 unspecified atom stereocenters. The Labute approximate surface area is 92.5 Å². The predicted octanol–water partition coefficient (Wildman–Crippen LogP) is 1.79. The van der Waals surface area contributed by atoms with Crippen LogP contribution in [-0.2, 0) is 0 Å². The highest BCUT2D eigenvalue weighted by molar-refractivity contribution is 5.88. The van der Waals surface area contributed by atoms with Crippen molar-refractivity contribution < 1.29 is 19.4 Å². The van der Waals surface area contributed by atoms with E-state index >= 15 is 0 Å². The Morgan fingerprint density at radius 2 is 2.38 bits per heavy atom. The number of nitrogens with zero attached hydrogens (tertiary/aromatic N) is 1. The smallest absolute Gasteiger partial charge is 0.231 e. The van der Waals surface area contributed by atoms with Crippen LogP contribution in [0.15, 0.2) is 29.9 Å². The van der Waals surface area contributed by atoms with Crippen molar-refractivity contribution in [1.82, 2.24) is 0 Å². The molecule has 0 fully saturated rings. The molecule has 0 radical (unpaired) electrons. The van der Waals surface area contributed by atoms with Crippen LogP contribution in [0, 0.1) is 0 Å². The minimum Gasteiger partial charge on any atom is -0.489 e. The number of hydrogen-bond acceptors (Lipinski definition) is 5. The first-order valence-electron chi connectivity index (χ1n) is 4.70. The lowest BCUT2D eigenvalue weighted by Crippen LogP contribution is -1.99. The van der Waals surface area contributed by atoms with Gasteiger partial charge in [-0.3, -0.25) is 0 Å². The fraction of sp³-hybridized carbons (Fsp3) is 0.182. The molecule has 2 rings (SSSR count). The number of rotatable bonds is 4. The normalized spacial score (nSPS) is 13.0. The summed E-state index contributed by atoms with van der Waals surface area (Å²) in [4.78, 5) is 0. The number of oxime groups is 1. The van der Waals surface area contributed by atoms with Crippen LogP contribution in [0.1, 0.15) is 5.56 Å². The molecule has 1 aromatic rings. The number of ether oxygens (including phenoxy) is 3. The molecule has 1 heterocycles. The molecule has 0 saturated heterocycles. The Morgan fingerprint density at radius 3 is 3.12 bits per heavy atom. The highest BCUT2D eigenvalue weighted by Crippen LogP contribution is 2.39. The zero-order valence-corrected chi connectivity index (χ0v) is 8.55. The predicted molar refractivity (Wildman–Crippen MR) is 57.6 cm³/mol. The second-order valence-electron chi connectivity index (χ2n) is 3.06. The Balaban J connectivity index is 2.40. The number of fused-ring (bicyclic) bond motifs is 1. The summed E-state index contributed by atoms with van der Waals surface area (Å²) >= 11 is 0. The zero-order valence-electron chi connectivity index (χ0n) is 8.55. The van der Waals surface area contributed by atoms with Crippen molar-refractivity contribution in [2.24, 2.45) is 5.16 Å². The van der Waals surface area contributed by atoms with Gasteiger partial charge in [0.15, 0.2) is 11.5 Å². The molecule has 1 aliphatic heterocycles. The van der Waals surface area contributed by atoms with Crippen molar-refractivity contribution >= 4 is 6.21 Å². The first kappa shape index (κ1) is 10.4. The summed E-state index contributed by atoms with van der Waals surface area (Å²) in [5.41, 5.74) is 0.555. The van der Waals surface area contributed by atoms with Gasteiger partial charge in [0, 0.05) is 0 Å². The van der Waals surface area contributed by atoms with Crippen LogP contribution in [0.3, 0.4) is 0 Å². The van der Waals surface area contributed by atoms with E-state index in [0.29, 0.717) is 29.4 Å². The summed E-state index contributed by atoms with van der Waals surface area (Å²) in [6.45, 7) is 4.09. The van der Waals surface area contributed by atoms with Crippen LogP contribution < -0.4 is 14.2 Å². The fourth-order valence-electron chi connectivity index (χ4n) is 1.43. The maximum atomic E-state index is 8.60. The monoisotopic (exact) mass is 221 g/mol. The molecule has 0 saturated carbocycles. The van der Waals surface area contributed by atoms with Crippen molar-refractivity contribution in [2.45, 2.75) is 0 Å². The van der Waals surface area contributed by atoms with Crippen LogP contribution in [0.4, 0.5) is 0 Å². The summed E-state index contributed by atoms with van der Waals surface area (Å²) in [6.07, 6.45) is 2.89. The third-order valence-electron chi connectivity index (χ3n) is 2.08. The Hall–Kier alpha value is -2.17. The standard InChI is InChI=1S/C11H11NO4/c1-2-5-14-9-3-4-10-11(16-7-15-10)8(9)6-12-13/h2-4,6,13H,1,5,7H2/b12-6+. The largest absolute Gasteiger partial charge is 0.489 e. The van der Waals surface area contributed by atoms with Crippen LogP contribution >= 0.6 is 0 Å². The topological polar surface area (TPSA) is 60.3 Å². The van der Waals surface area contributed by atoms with Crippen molar-refractivity contribution in [3.63, 3.8) is 0 Å². The second kappa shape index (κ2) is 4.57. The molecule has 84 valence electrons. The average Bonchev–Trinajstić information content (AvgIpc) is 2.76. The Kier molecular flexibility index (Phi) is 2.95. The van der Waals surface area contributed by atoms with Crippen molar-refractivity contribution in [2.75, 3.05) is 13.4 Å². The molecule has 0 aromatic heterocycles. The lowest BCUT2D eigenvalue weighted by molar-refractivity contribution is 0.173. The Morgan fingerprint density at radius 1 is 1.50 bits per heavy atom. The summed E-state index contributed by atoms with van der Waals surface area (Å²) in [7, 11) is 0. The minimum atomic E-state index is 0.159. The van der Waals surface area contributed by atoms with Gasteiger partial charge in [-0.1, -0.05) is 17.8 Å². The van der Waals surface area contributed by atoms with Gasteiger partial charge in [0.1, 0.15) is 12.4 Å². The summed E-state index contributed by atoms with van der Waals surface area (Å²) in [5, 5.41) is 11.6. The molecular weight excluding hydrogens is 210 g/mol. The van der Waals surface area contributed by atoms with E-state index < -0.39 is 0 Å². The van der Waals surface area contributed by atoms with Gasteiger partial charge in [-0.05, 0) is 12.1 Å². The average molecular weight is 221 g/mol. The third-order valence-corrected chi connectivity index (χ3v) is 2.08. The van der Waals surface area contributed by atoms with E-state index in [-0.39, 0.29) is 6.79 Å². The van der Waals surface area contributed by atoms with Gasteiger partial charge < -0.3 is 19.4 Å². The first-order chi connectivity index (χ1) is 7.86. The van der Waals surface area contributed by atoms with Crippen LogP contribution in [0.2, 0.25) is 0 Å². The van der Waals surface area contributed by atoms with E-state index in [1.807, 2.05) is 0 Å². The molecule has 16 heavy (non-hydrogen) atoms. The van der Waals surface area contributed by atoms with E-state index in [4.69, 9.17) is 19.4 Å². The third kappa shape index (κ3) is 1.79. The summed E-state index contributed by atoms with van der Waals surface area (Å²) in [6, 6.07) is 3.48. The Bertz CT molecular complexity index is 428. The quantitative estimate of drug-likeness (QED) is 0.364. The molecule has 1 aromatic carbocycles. The molecule has 0 atom stereocenters. The molecular formula is C11H11NO4. The van der Waals surface area contributed by atoms with Gasteiger partial charge in [0.2, 0.25) is 6.79 Å². The SMILES string of the molecule is C=CCOc1ccc2c(c1/C=N/O)OCO2. The van der Waals surface area contributed by atoms with Gasteiger partial charge in [-0.25, -0.2) is 0 Å². The molecule has 1 aliphatic rings. The molecule has 5 nitrogen and oxygen atoms in total. The second-order valence-corrected chi connectivity index (χ2v) is 3.06. The maximum Gasteiger partial charge on any atom is 0.231 e. The van der Waals surface area contributed by atoms with E-state index in [2.05, 4.69) is 11.7 Å². The van der Waals surface area contributed by atoms with Crippen molar-refractivity contribution in [1.29, 1.82) is 0 Å². The molecule has 0 bridgehead atoms. The van der Waals surface area contributed by atoms with E-state index in [0.717, 1.165) is 0 Å². The first-order valence-corrected chi connectivity index (χ1v) is 4.70. The molecule has 0 aliphatic carbocycles. The highest BCUT2D eigenvalue weighted by Gasteiger charge is 2.20. The maximum absolute atomic E-state index is 8.60.